The highest BCUT2D eigenvalue weighted by Crippen LogP contribution is 2.28. The number of aromatic nitrogens is 1. The van der Waals surface area contributed by atoms with E-state index in [1.807, 2.05) is 20.8 Å². The van der Waals surface area contributed by atoms with E-state index < -0.39 is 10.0 Å². The number of thiophene rings is 1. The summed E-state index contributed by atoms with van der Waals surface area (Å²) in [5.41, 5.74) is 0.883. The van der Waals surface area contributed by atoms with Gasteiger partial charge in [-0.3, -0.25) is 0 Å². The Morgan fingerprint density at radius 2 is 2.10 bits per heavy atom. The van der Waals surface area contributed by atoms with Gasteiger partial charge in [0.25, 0.3) is 0 Å². The number of aryl methyl sites for hydroxylation is 2. The van der Waals surface area contributed by atoms with Crippen molar-refractivity contribution in [3.05, 3.63) is 31.9 Å². The molecule has 0 radical (unpaired) electrons. The smallest absolute Gasteiger partial charge is 0.242 e. The Morgan fingerprint density at radius 3 is 2.67 bits per heavy atom. The van der Waals surface area contributed by atoms with Crippen molar-refractivity contribution >= 4 is 32.7 Å². The van der Waals surface area contributed by atoms with Gasteiger partial charge in [-0.2, -0.15) is 0 Å². The summed E-state index contributed by atoms with van der Waals surface area (Å²) in [6, 6.07) is 1.36. The molecule has 21 heavy (non-hydrogen) atoms. The Labute approximate surface area is 133 Å². The predicted octanol–water partition coefficient (Wildman–Crippen LogP) is 2.58. The Kier molecular flexibility index (Phi) is 5.15. The zero-order valence-corrected chi connectivity index (χ0v) is 14.9. The zero-order chi connectivity index (χ0) is 15.6. The molecule has 2 rings (SSSR count). The average Bonchev–Trinajstić information content (AvgIpc) is 2.96. The van der Waals surface area contributed by atoms with E-state index in [1.54, 1.807) is 18.5 Å². The molecule has 1 unspecified atom stereocenters. The molecule has 2 aromatic rings. The molecule has 116 valence electrons. The number of hydrogen-bond donors (Lipinski definition) is 2. The summed E-state index contributed by atoms with van der Waals surface area (Å²) >= 11 is 2.97. The molecule has 0 saturated carbocycles. The predicted molar refractivity (Wildman–Crippen MR) is 87.4 cm³/mol. The van der Waals surface area contributed by atoms with Crippen LogP contribution in [0.2, 0.25) is 0 Å². The second-order valence-corrected chi connectivity index (χ2v) is 8.68. The summed E-state index contributed by atoms with van der Waals surface area (Å²) < 4.78 is 27.8. The lowest BCUT2D eigenvalue weighted by Gasteiger charge is -2.13. The summed E-state index contributed by atoms with van der Waals surface area (Å²) in [4.78, 5) is 6.48. The molecular weight excluding hydrogens is 326 g/mol. The van der Waals surface area contributed by atoms with Gasteiger partial charge in [0.15, 0.2) is 0 Å². The van der Waals surface area contributed by atoms with Gasteiger partial charge in [0.1, 0.15) is 0 Å². The first-order chi connectivity index (χ1) is 9.85. The summed E-state index contributed by atoms with van der Waals surface area (Å²) in [6.45, 7) is 6.22. The third kappa shape index (κ3) is 3.70. The monoisotopic (exact) mass is 345 g/mol. The van der Waals surface area contributed by atoms with Gasteiger partial charge in [0.05, 0.1) is 21.6 Å². The molecule has 0 aromatic carbocycles. The van der Waals surface area contributed by atoms with E-state index in [0.717, 1.165) is 20.5 Å². The zero-order valence-electron chi connectivity index (χ0n) is 12.4. The van der Waals surface area contributed by atoms with Crippen LogP contribution in [0.5, 0.6) is 0 Å². The first-order valence-corrected chi connectivity index (χ1v) is 9.70. The molecule has 5 nitrogen and oxygen atoms in total. The van der Waals surface area contributed by atoms with Gasteiger partial charge < -0.3 is 5.32 Å². The fourth-order valence-electron chi connectivity index (χ4n) is 2.16. The quantitative estimate of drug-likeness (QED) is 0.844. The maximum Gasteiger partial charge on any atom is 0.242 e. The van der Waals surface area contributed by atoms with E-state index in [2.05, 4.69) is 15.0 Å². The second kappa shape index (κ2) is 6.53. The van der Waals surface area contributed by atoms with Crippen molar-refractivity contribution in [2.45, 2.75) is 38.3 Å². The van der Waals surface area contributed by atoms with Gasteiger partial charge in [-0.1, -0.05) is 0 Å². The average molecular weight is 346 g/mol. The molecule has 2 aromatic heterocycles. The van der Waals surface area contributed by atoms with Crippen LogP contribution in [0.4, 0.5) is 0 Å². The number of nitrogens with one attached hydrogen (secondary N) is 2. The van der Waals surface area contributed by atoms with Crippen LogP contribution < -0.4 is 10.0 Å². The van der Waals surface area contributed by atoms with E-state index in [9.17, 15) is 8.42 Å². The maximum absolute atomic E-state index is 12.5. The minimum absolute atomic E-state index is 0.288. The second-order valence-electron chi connectivity index (χ2n) is 4.76. The van der Waals surface area contributed by atoms with Crippen molar-refractivity contribution in [3.63, 3.8) is 0 Å². The fourth-order valence-corrected chi connectivity index (χ4v) is 5.83. The molecule has 0 saturated heterocycles. The highest BCUT2D eigenvalue weighted by Gasteiger charge is 2.24. The highest BCUT2D eigenvalue weighted by molar-refractivity contribution is 7.89. The van der Waals surface area contributed by atoms with Crippen LogP contribution in [0.15, 0.2) is 16.3 Å². The number of hydrogen-bond acceptors (Lipinski definition) is 6. The van der Waals surface area contributed by atoms with Gasteiger partial charge >= 0.3 is 0 Å². The molecule has 0 amide bonds. The van der Waals surface area contributed by atoms with Crippen LogP contribution in [-0.2, 0) is 16.6 Å². The maximum atomic E-state index is 12.5. The SMILES string of the molecule is CNCc1sccc1S(=O)(=O)NC(C)c1sc(C)nc1C. The van der Waals surface area contributed by atoms with Crippen molar-refractivity contribution < 1.29 is 8.42 Å². The Morgan fingerprint density at radius 1 is 1.38 bits per heavy atom. The van der Waals surface area contributed by atoms with Crippen LogP contribution in [0.1, 0.15) is 33.4 Å². The Bertz CT molecular complexity index is 719. The lowest BCUT2D eigenvalue weighted by molar-refractivity contribution is 0.567. The Balaban J connectivity index is 2.25. The van der Waals surface area contributed by atoms with Crippen LogP contribution in [0, 0.1) is 13.8 Å². The van der Waals surface area contributed by atoms with Crippen molar-refractivity contribution in [1.29, 1.82) is 0 Å². The molecule has 8 heteroatoms. The molecule has 1 atom stereocenters. The normalized spacial score (nSPS) is 13.5. The molecule has 2 heterocycles. The van der Waals surface area contributed by atoms with Crippen molar-refractivity contribution in [2.24, 2.45) is 0 Å². The molecule has 0 fully saturated rings. The number of nitrogens with zero attached hydrogens (tertiary/aromatic N) is 1. The molecule has 0 aliphatic carbocycles. The topological polar surface area (TPSA) is 71.1 Å². The van der Waals surface area contributed by atoms with Crippen LogP contribution in [0.25, 0.3) is 0 Å². The summed E-state index contributed by atoms with van der Waals surface area (Å²) in [7, 11) is -1.72. The summed E-state index contributed by atoms with van der Waals surface area (Å²) in [6.07, 6.45) is 0. The molecule has 0 spiro atoms. The van der Waals surface area contributed by atoms with Gasteiger partial charge in [-0.05, 0) is 39.3 Å². The highest BCUT2D eigenvalue weighted by atomic mass is 32.2. The first kappa shape index (κ1) is 16.6. The lowest BCUT2D eigenvalue weighted by Crippen LogP contribution is -2.27. The standard InChI is InChI=1S/C13H19N3O2S3/c1-8-13(20-10(3)15-8)9(2)16-21(17,18)12-5-6-19-11(12)7-14-4/h5-6,9,14,16H,7H2,1-4H3. The van der Waals surface area contributed by atoms with Gasteiger partial charge in [0, 0.05) is 16.3 Å². The third-order valence-electron chi connectivity index (χ3n) is 3.00. The van der Waals surface area contributed by atoms with E-state index in [-0.39, 0.29) is 6.04 Å². The molecule has 0 bridgehead atoms. The molecule has 0 aliphatic heterocycles. The Hall–Kier alpha value is -0.800. The van der Waals surface area contributed by atoms with E-state index >= 15 is 0 Å². The number of sulfonamides is 1. The van der Waals surface area contributed by atoms with Crippen LogP contribution in [0.3, 0.4) is 0 Å². The minimum Gasteiger partial charge on any atom is -0.315 e. The summed E-state index contributed by atoms with van der Waals surface area (Å²) in [5.74, 6) is 0. The number of thiazole rings is 1. The van der Waals surface area contributed by atoms with Crippen molar-refractivity contribution in [3.8, 4) is 0 Å². The largest absolute Gasteiger partial charge is 0.315 e. The first-order valence-electron chi connectivity index (χ1n) is 6.52. The molecule has 2 N–H and O–H groups in total. The van der Waals surface area contributed by atoms with E-state index in [4.69, 9.17) is 0 Å². The lowest BCUT2D eigenvalue weighted by atomic mass is 10.2. The van der Waals surface area contributed by atoms with Gasteiger partial charge in [0.2, 0.25) is 10.0 Å². The number of rotatable bonds is 6. The van der Waals surface area contributed by atoms with E-state index in [1.165, 1.54) is 22.7 Å². The van der Waals surface area contributed by atoms with Crippen LogP contribution in [-0.4, -0.2) is 20.4 Å². The fraction of sp³-hybridized carbons (Fsp3) is 0.462. The molecular formula is C13H19N3O2S3. The molecule has 0 aliphatic rings. The van der Waals surface area contributed by atoms with Crippen molar-refractivity contribution in [2.75, 3.05) is 7.05 Å². The third-order valence-corrected chi connectivity index (χ3v) is 6.93. The van der Waals surface area contributed by atoms with Crippen LogP contribution >= 0.6 is 22.7 Å². The van der Waals surface area contributed by atoms with Gasteiger partial charge in [-0.15, -0.1) is 22.7 Å². The minimum atomic E-state index is -3.53. The summed E-state index contributed by atoms with van der Waals surface area (Å²) in [5, 5.41) is 5.73. The van der Waals surface area contributed by atoms with Crippen molar-refractivity contribution in [1.82, 2.24) is 15.0 Å². The van der Waals surface area contributed by atoms with Gasteiger partial charge in [-0.25, -0.2) is 18.1 Å². The van der Waals surface area contributed by atoms with E-state index in [0.29, 0.717) is 11.4 Å².